The van der Waals surface area contributed by atoms with Crippen LogP contribution in [0.4, 0.5) is 10.1 Å². The number of rotatable bonds is 3. The third-order valence-electron chi connectivity index (χ3n) is 2.77. The van der Waals surface area contributed by atoms with Crippen LogP contribution in [0.2, 0.25) is 5.02 Å². The van der Waals surface area contributed by atoms with Gasteiger partial charge in [-0.25, -0.2) is 12.8 Å². The molecule has 0 aliphatic rings. The van der Waals surface area contributed by atoms with E-state index in [-0.39, 0.29) is 9.92 Å². The summed E-state index contributed by atoms with van der Waals surface area (Å²) in [6, 6.07) is 7.88. The normalized spacial score (nSPS) is 11.7. The molecule has 2 N–H and O–H groups in total. The Kier molecular flexibility index (Phi) is 3.26. The first-order valence-corrected chi connectivity index (χ1v) is 7.60. The Morgan fingerprint density at radius 1 is 1.10 bits per heavy atom. The number of hydrogen-bond acceptors (Lipinski definition) is 4. The van der Waals surface area contributed by atoms with Gasteiger partial charge in [0.05, 0.1) is 15.6 Å². The first-order chi connectivity index (χ1) is 9.95. The van der Waals surface area contributed by atoms with Crippen LogP contribution in [0.1, 0.15) is 0 Å². The average Bonchev–Trinajstić information content (AvgIpc) is 2.88. The molecule has 0 aliphatic heterocycles. The highest BCUT2D eigenvalue weighted by Crippen LogP contribution is 2.23. The number of anilines is 1. The van der Waals surface area contributed by atoms with Crippen LogP contribution in [-0.2, 0) is 10.0 Å². The molecule has 0 saturated heterocycles. The zero-order chi connectivity index (χ0) is 15.0. The number of aromatic nitrogens is 3. The zero-order valence-corrected chi connectivity index (χ0v) is 11.9. The molecule has 2 aromatic carbocycles. The number of nitrogens with one attached hydrogen (secondary N) is 2. The fourth-order valence-electron chi connectivity index (χ4n) is 1.76. The Labute approximate surface area is 124 Å². The second-order valence-electron chi connectivity index (χ2n) is 4.21. The van der Waals surface area contributed by atoms with Gasteiger partial charge in [-0.2, -0.15) is 15.4 Å². The number of hydrogen-bond donors (Lipinski definition) is 2. The summed E-state index contributed by atoms with van der Waals surface area (Å²) < 4.78 is 39.9. The van der Waals surface area contributed by atoms with Crippen molar-refractivity contribution in [1.29, 1.82) is 0 Å². The molecule has 1 aromatic heterocycles. The number of aromatic amines is 1. The molecule has 3 rings (SSSR count). The lowest BCUT2D eigenvalue weighted by atomic mass is 10.3. The van der Waals surface area contributed by atoms with Crippen LogP contribution >= 0.6 is 11.6 Å². The summed E-state index contributed by atoms with van der Waals surface area (Å²) in [5.41, 5.74) is 1.45. The van der Waals surface area contributed by atoms with Gasteiger partial charge < -0.3 is 0 Å². The Morgan fingerprint density at radius 2 is 1.86 bits per heavy atom. The summed E-state index contributed by atoms with van der Waals surface area (Å²) >= 11 is 5.60. The number of benzene rings is 2. The first kappa shape index (κ1) is 13.8. The molecule has 6 nitrogen and oxygen atoms in total. The molecule has 0 unspecified atom stereocenters. The van der Waals surface area contributed by atoms with Gasteiger partial charge >= 0.3 is 0 Å². The number of fused-ring (bicyclic) bond motifs is 1. The van der Waals surface area contributed by atoms with Crippen LogP contribution in [0.15, 0.2) is 41.3 Å². The highest BCUT2D eigenvalue weighted by molar-refractivity contribution is 7.92. The van der Waals surface area contributed by atoms with E-state index in [0.717, 1.165) is 18.2 Å². The van der Waals surface area contributed by atoms with Crippen molar-refractivity contribution in [3.05, 3.63) is 47.2 Å². The molecule has 0 fully saturated rings. The van der Waals surface area contributed by atoms with Crippen molar-refractivity contribution < 1.29 is 12.8 Å². The lowest BCUT2D eigenvalue weighted by Gasteiger charge is -2.08. The van der Waals surface area contributed by atoms with Crippen molar-refractivity contribution in [2.24, 2.45) is 0 Å². The molecule has 0 atom stereocenters. The van der Waals surface area contributed by atoms with E-state index in [1.807, 2.05) is 0 Å². The van der Waals surface area contributed by atoms with Crippen LogP contribution in [0.3, 0.4) is 0 Å². The molecule has 0 bridgehead atoms. The first-order valence-electron chi connectivity index (χ1n) is 5.74. The van der Waals surface area contributed by atoms with Crippen LogP contribution in [0.5, 0.6) is 0 Å². The summed E-state index contributed by atoms with van der Waals surface area (Å²) in [6.07, 6.45) is 0. The summed E-state index contributed by atoms with van der Waals surface area (Å²) in [6.45, 7) is 0. The number of halogens is 2. The number of sulfonamides is 1. The lowest BCUT2D eigenvalue weighted by Crippen LogP contribution is -2.13. The van der Waals surface area contributed by atoms with E-state index in [1.54, 1.807) is 12.1 Å². The summed E-state index contributed by atoms with van der Waals surface area (Å²) in [5, 5.41) is 9.91. The maximum Gasteiger partial charge on any atom is 0.261 e. The van der Waals surface area contributed by atoms with Crippen molar-refractivity contribution in [3.63, 3.8) is 0 Å². The third kappa shape index (κ3) is 2.67. The quantitative estimate of drug-likeness (QED) is 0.774. The van der Waals surface area contributed by atoms with Crippen molar-refractivity contribution in [1.82, 2.24) is 15.4 Å². The molecular weight excluding hydrogens is 319 g/mol. The summed E-state index contributed by atoms with van der Waals surface area (Å²) in [7, 11) is -3.86. The number of nitrogens with zero attached hydrogens (tertiary/aromatic N) is 2. The largest absolute Gasteiger partial charge is 0.280 e. The van der Waals surface area contributed by atoms with Gasteiger partial charge in [0.1, 0.15) is 16.9 Å². The molecule has 3 aromatic rings. The average molecular weight is 327 g/mol. The highest BCUT2D eigenvalue weighted by Gasteiger charge is 2.16. The van der Waals surface area contributed by atoms with Crippen molar-refractivity contribution in [3.8, 4) is 0 Å². The van der Waals surface area contributed by atoms with Gasteiger partial charge in [0, 0.05) is 0 Å². The fraction of sp³-hybridized carbons (Fsp3) is 0. The Morgan fingerprint density at radius 3 is 2.62 bits per heavy atom. The standard InChI is InChI=1S/C12H8ClFN4O2S/c13-9-6-8(2-3-10(9)14)21(19,20)17-7-1-4-11-12(5-7)16-18-15-11/h1-6,17H,(H,15,16,18). The SMILES string of the molecule is O=S(=O)(Nc1ccc2n[nH]nc2c1)c1ccc(F)c(Cl)c1. The van der Waals surface area contributed by atoms with Gasteiger partial charge in [-0.05, 0) is 36.4 Å². The Balaban J connectivity index is 1.96. The number of H-pyrrole nitrogens is 1. The second kappa shape index (κ2) is 4.97. The summed E-state index contributed by atoms with van der Waals surface area (Å²) in [4.78, 5) is -0.130. The molecule has 0 aliphatic carbocycles. The van der Waals surface area contributed by atoms with Crippen molar-refractivity contribution >= 4 is 38.3 Å². The lowest BCUT2D eigenvalue weighted by molar-refractivity contribution is 0.599. The van der Waals surface area contributed by atoms with E-state index in [4.69, 9.17) is 11.6 Å². The van der Waals surface area contributed by atoms with Gasteiger partial charge in [-0.1, -0.05) is 11.6 Å². The second-order valence-corrected chi connectivity index (χ2v) is 6.30. The molecule has 0 radical (unpaired) electrons. The molecule has 9 heteroatoms. The molecule has 1 heterocycles. The van der Waals surface area contributed by atoms with Gasteiger partial charge in [0.25, 0.3) is 10.0 Å². The molecule has 0 saturated carbocycles. The maximum atomic E-state index is 13.1. The molecular formula is C12H8ClFN4O2S. The maximum absolute atomic E-state index is 13.1. The van der Waals surface area contributed by atoms with Crippen molar-refractivity contribution in [2.45, 2.75) is 4.90 Å². The Hall–Kier alpha value is -2.19. The van der Waals surface area contributed by atoms with E-state index >= 15 is 0 Å². The van der Waals surface area contributed by atoms with Gasteiger partial charge in [0.15, 0.2) is 0 Å². The third-order valence-corrected chi connectivity index (χ3v) is 4.44. The smallest absolute Gasteiger partial charge is 0.261 e. The topological polar surface area (TPSA) is 87.7 Å². The van der Waals surface area contributed by atoms with E-state index in [1.165, 1.54) is 6.07 Å². The highest BCUT2D eigenvalue weighted by atomic mass is 35.5. The molecule has 0 spiro atoms. The molecule has 21 heavy (non-hydrogen) atoms. The minimum atomic E-state index is -3.86. The molecule has 0 amide bonds. The van der Waals surface area contributed by atoms with E-state index in [0.29, 0.717) is 16.7 Å². The van der Waals surface area contributed by atoms with Crippen molar-refractivity contribution in [2.75, 3.05) is 4.72 Å². The zero-order valence-electron chi connectivity index (χ0n) is 10.3. The summed E-state index contributed by atoms with van der Waals surface area (Å²) in [5.74, 6) is -0.681. The van der Waals surface area contributed by atoms with Gasteiger partial charge in [0.2, 0.25) is 0 Å². The minimum absolute atomic E-state index is 0.130. The Bertz CT molecular complexity index is 926. The van der Waals surface area contributed by atoms with Gasteiger partial charge in [-0.3, -0.25) is 4.72 Å². The molecule has 108 valence electrons. The van der Waals surface area contributed by atoms with E-state index in [2.05, 4.69) is 20.1 Å². The fourth-order valence-corrected chi connectivity index (χ4v) is 3.08. The van der Waals surface area contributed by atoms with Crippen LogP contribution in [-0.4, -0.2) is 23.8 Å². The van der Waals surface area contributed by atoms with E-state index < -0.39 is 15.8 Å². The van der Waals surface area contributed by atoms with Crippen LogP contribution in [0, 0.1) is 5.82 Å². The van der Waals surface area contributed by atoms with E-state index in [9.17, 15) is 12.8 Å². The monoisotopic (exact) mass is 326 g/mol. The van der Waals surface area contributed by atoms with Crippen LogP contribution in [0.25, 0.3) is 11.0 Å². The van der Waals surface area contributed by atoms with Gasteiger partial charge in [-0.15, -0.1) is 0 Å². The minimum Gasteiger partial charge on any atom is -0.280 e. The predicted octanol–water partition coefficient (Wildman–Crippen LogP) is 2.55. The predicted molar refractivity (Wildman–Crippen MR) is 76.1 cm³/mol. The van der Waals surface area contributed by atoms with Crippen LogP contribution < -0.4 is 4.72 Å².